The highest BCUT2D eigenvalue weighted by Gasteiger charge is 2.11. The summed E-state index contributed by atoms with van der Waals surface area (Å²) >= 11 is 4.69. The highest BCUT2D eigenvalue weighted by Crippen LogP contribution is 2.22. The van der Waals surface area contributed by atoms with Gasteiger partial charge in [-0.05, 0) is 46.6 Å². The zero-order chi connectivity index (χ0) is 16.7. The van der Waals surface area contributed by atoms with Gasteiger partial charge in [0.25, 0.3) is 0 Å². The van der Waals surface area contributed by atoms with Gasteiger partial charge < -0.3 is 20.0 Å². The van der Waals surface area contributed by atoms with Crippen LogP contribution >= 0.6 is 28.1 Å². The number of pyridine rings is 1. The van der Waals surface area contributed by atoms with E-state index in [0.717, 1.165) is 49.5 Å². The molecule has 124 valence electrons. The molecule has 23 heavy (non-hydrogen) atoms. The maximum Gasteiger partial charge on any atom is 0.117 e. The standard InChI is InChI=1S/C15H19BrN4O2S/c1-11-15(19-23-20-2-4-22-5-3-20)7-12(10-18-11)6-14(21)8-13(16)9-17/h6-10,17,19,21H,2-5H2,1H3/b13-8+,14-6-,17-9?. The lowest BCUT2D eigenvalue weighted by Crippen LogP contribution is -2.32. The summed E-state index contributed by atoms with van der Waals surface area (Å²) in [6, 6.07) is 1.93. The van der Waals surface area contributed by atoms with Crippen LogP contribution in [0.3, 0.4) is 0 Å². The van der Waals surface area contributed by atoms with Crippen molar-refractivity contribution >= 4 is 46.0 Å². The number of nitrogens with one attached hydrogen (secondary N) is 2. The van der Waals surface area contributed by atoms with Gasteiger partial charge in [-0.15, -0.1) is 0 Å². The van der Waals surface area contributed by atoms with E-state index in [4.69, 9.17) is 10.1 Å². The fourth-order valence-electron chi connectivity index (χ4n) is 1.88. The maximum atomic E-state index is 9.87. The molecule has 2 heterocycles. The molecular formula is C15H19BrN4O2S. The van der Waals surface area contributed by atoms with Gasteiger partial charge in [-0.1, -0.05) is 0 Å². The van der Waals surface area contributed by atoms with Crippen LogP contribution in [0, 0.1) is 12.3 Å². The minimum absolute atomic E-state index is 0.0535. The molecule has 0 saturated carbocycles. The molecule has 3 N–H and O–H groups in total. The number of hydrogen-bond acceptors (Lipinski definition) is 7. The highest BCUT2D eigenvalue weighted by molar-refractivity contribution is 9.12. The molecule has 6 nitrogen and oxygen atoms in total. The Labute approximate surface area is 148 Å². The minimum atomic E-state index is 0.0535. The number of allylic oxidation sites excluding steroid dienone is 2. The van der Waals surface area contributed by atoms with Gasteiger partial charge in [0.15, 0.2) is 0 Å². The van der Waals surface area contributed by atoms with Gasteiger partial charge >= 0.3 is 0 Å². The number of morpholine rings is 1. The molecular weight excluding hydrogens is 380 g/mol. The van der Waals surface area contributed by atoms with Crippen LogP contribution in [0.4, 0.5) is 5.69 Å². The third-order valence-electron chi connectivity index (χ3n) is 3.10. The zero-order valence-electron chi connectivity index (χ0n) is 12.8. The SMILES string of the molecule is Cc1ncc(/C=C(O)/C=C(/Br)C=N)cc1NSN1CCOCC1. The number of aliphatic hydroxyl groups excluding tert-OH is 1. The second-order valence-electron chi connectivity index (χ2n) is 4.88. The molecule has 0 spiro atoms. The Morgan fingerprint density at radius 3 is 2.96 bits per heavy atom. The first-order chi connectivity index (χ1) is 11.1. The summed E-state index contributed by atoms with van der Waals surface area (Å²) in [5, 5.41) is 17.0. The predicted molar refractivity (Wildman–Crippen MR) is 99.0 cm³/mol. The molecule has 0 radical (unpaired) electrons. The van der Waals surface area contributed by atoms with Crippen LogP contribution < -0.4 is 4.72 Å². The van der Waals surface area contributed by atoms with Crippen molar-refractivity contribution in [1.29, 1.82) is 5.41 Å². The summed E-state index contributed by atoms with van der Waals surface area (Å²) in [5.41, 5.74) is 2.57. The summed E-state index contributed by atoms with van der Waals surface area (Å²) in [6.45, 7) is 5.19. The third-order valence-corrected chi connectivity index (χ3v) is 4.49. The molecule has 1 aromatic rings. The van der Waals surface area contributed by atoms with Crippen LogP contribution in [0.2, 0.25) is 0 Å². The van der Waals surface area contributed by atoms with Gasteiger partial charge in [0.2, 0.25) is 0 Å². The summed E-state index contributed by atoms with van der Waals surface area (Å²) in [7, 11) is 0. The Bertz CT molecular complexity index is 615. The molecule has 0 amide bonds. The quantitative estimate of drug-likeness (QED) is 0.294. The number of aryl methyl sites for hydroxylation is 1. The van der Waals surface area contributed by atoms with Gasteiger partial charge in [0, 0.05) is 42.1 Å². The molecule has 0 atom stereocenters. The van der Waals surface area contributed by atoms with Crippen LogP contribution in [-0.4, -0.2) is 46.9 Å². The summed E-state index contributed by atoms with van der Waals surface area (Å²) in [4.78, 5) is 4.34. The van der Waals surface area contributed by atoms with E-state index in [9.17, 15) is 5.11 Å². The lowest BCUT2D eigenvalue weighted by molar-refractivity contribution is 0.0775. The van der Waals surface area contributed by atoms with Crippen LogP contribution in [0.15, 0.2) is 28.6 Å². The molecule has 0 bridgehead atoms. The second-order valence-corrected chi connectivity index (χ2v) is 6.70. The average molecular weight is 399 g/mol. The first kappa shape index (κ1) is 18.0. The van der Waals surface area contributed by atoms with Crippen molar-refractivity contribution < 1.29 is 9.84 Å². The average Bonchev–Trinajstić information content (AvgIpc) is 2.56. The van der Waals surface area contributed by atoms with Gasteiger partial charge in [0.05, 0.1) is 24.6 Å². The van der Waals surface area contributed by atoms with Crippen LogP contribution in [0.25, 0.3) is 6.08 Å². The fourth-order valence-corrected chi connectivity index (χ4v) is 2.88. The number of aromatic nitrogens is 1. The highest BCUT2D eigenvalue weighted by atomic mass is 79.9. The van der Waals surface area contributed by atoms with E-state index < -0.39 is 0 Å². The Balaban J connectivity index is 2.05. The van der Waals surface area contributed by atoms with E-state index in [1.807, 2.05) is 13.0 Å². The summed E-state index contributed by atoms with van der Waals surface area (Å²) in [5.74, 6) is 0.0535. The normalized spacial score (nSPS) is 17.1. The lowest BCUT2D eigenvalue weighted by Gasteiger charge is -2.25. The topological polar surface area (TPSA) is 81.5 Å². The van der Waals surface area contributed by atoms with E-state index in [2.05, 4.69) is 29.9 Å². The van der Waals surface area contributed by atoms with E-state index >= 15 is 0 Å². The number of aliphatic hydroxyl groups is 1. The van der Waals surface area contributed by atoms with E-state index in [-0.39, 0.29) is 5.76 Å². The van der Waals surface area contributed by atoms with Crippen molar-refractivity contribution in [2.24, 2.45) is 0 Å². The Hall–Kier alpha value is -1.35. The largest absolute Gasteiger partial charge is 0.508 e. The molecule has 1 aromatic heterocycles. The van der Waals surface area contributed by atoms with Crippen molar-refractivity contribution in [2.75, 3.05) is 31.0 Å². The third kappa shape index (κ3) is 5.98. The minimum Gasteiger partial charge on any atom is -0.508 e. The zero-order valence-corrected chi connectivity index (χ0v) is 15.2. The molecule has 0 aromatic carbocycles. The van der Waals surface area contributed by atoms with E-state index in [1.165, 1.54) is 18.2 Å². The first-order valence-corrected chi connectivity index (χ1v) is 8.66. The number of nitrogens with zero attached hydrogens (tertiary/aromatic N) is 2. The number of hydrogen-bond donors (Lipinski definition) is 3. The van der Waals surface area contributed by atoms with Crippen molar-refractivity contribution in [3.8, 4) is 0 Å². The Morgan fingerprint density at radius 1 is 1.52 bits per heavy atom. The lowest BCUT2D eigenvalue weighted by atomic mass is 10.2. The summed E-state index contributed by atoms with van der Waals surface area (Å²) in [6.07, 6.45) is 5.87. The van der Waals surface area contributed by atoms with Gasteiger partial charge in [-0.25, -0.2) is 4.31 Å². The first-order valence-electron chi connectivity index (χ1n) is 7.09. The number of rotatable bonds is 6. The van der Waals surface area contributed by atoms with Crippen molar-refractivity contribution in [3.63, 3.8) is 0 Å². The number of anilines is 1. The van der Waals surface area contributed by atoms with Gasteiger partial charge in [-0.2, -0.15) is 0 Å². The van der Waals surface area contributed by atoms with E-state index in [1.54, 1.807) is 12.3 Å². The molecule has 1 fully saturated rings. The molecule has 0 unspecified atom stereocenters. The molecule has 2 rings (SSSR count). The second kappa shape index (κ2) is 9.07. The van der Waals surface area contributed by atoms with E-state index in [0.29, 0.717) is 4.48 Å². The van der Waals surface area contributed by atoms with Crippen LogP contribution in [0.1, 0.15) is 11.3 Å². The molecule has 0 aliphatic carbocycles. The maximum absolute atomic E-state index is 9.87. The summed E-state index contributed by atoms with van der Waals surface area (Å²) < 4.78 is 11.3. The smallest absolute Gasteiger partial charge is 0.117 e. The fraction of sp³-hybridized carbons (Fsp3) is 0.333. The molecule has 1 aliphatic rings. The monoisotopic (exact) mass is 398 g/mol. The molecule has 1 saturated heterocycles. The van der Waals surface area contributed by atoms with Crippen LogP contribution in [-0.2, 0) is 4.74 Å². The molecule has 1 aliphatic heterocycles. The Kier molecular flexibility index (Phi) is 7.10. The van der Waals surface area contributed by atoms with Crippen molar-refractivity contribution in [1.82, 2.24) is 9.29 Å². The number of halogens is 1. The predicted octanol–water partition coefficient (Wildman–Crippen LogP) is 3.52. The Morgan fingerprint density at radius 2 is 2.26 bits per heavy atom. The van der Waals surface area contributed by atoms with Gasteiger partial charge in [0.1, 0.15) is 5.76 Å². The van der Waals surface area contributed by atoms with Crippen molar-refractivity contribution in [3.05, 3.63) is 39.8 Å². The van der Waals surface area contributed by atoms with Crippen molar-refractivity contribution in [2.45, 2.75) is 6.92 Å². The van der Waals surface area contributed by atoms with Gasteiger partial charge in [-0.3, -0.25) is 4.98 Å². The number of ether oxygens (including phenoxy) is 1. The van der Waals surface area contributed by atoms with Crippen LogP contribution in [0.5, 0.6) is 0 Å². The molecule has 8 heteroatoms.